The second kappa shape index (κ2) is 4.40. The number of nitrogens with one attached hydrogen (secondary N) is 1. The average Bonchev–Trinajstić information content (AvgIpc) is 3.00. The fourth-order valence-corrected chi connectivity index (χ4v) is 3.05. The number of aromatic nitrogens is 2. The van der Waals surface area contributed by atoms with Crippen LogP contribution in [0.3, 0.4) is 0 Å². The molecule has 0 bridgehead atoms. The minimum Gasteiger partial charge on any atom is -0.452 e. The van der Waals surface area contributed by atoms with E-state index in [4.69, 9.17) is 4.74 Å². The van der Waals surface area contributed by atoms with Gasteiger partial charge in [0.05, 0.1) is 12.6 Å². The maximum Gasteiger partial charge on any atom is 0.418 e. The summed E-state index contributed by atoms with van der Waals surface area (Å²) >= 11 is 0. The molecule has 0 radical (unpaired) electrons. The quantitative estimate of drug-likeness (QED) is 0.728. The number of aromatic amines is 1. The van der Waals surface area contributed by atoms with Gasteiger partial charge in [-0.15, -0.1) is 0 Å². The second-order valence-electron chi connectivity index (χ2n) is 5.09. The highest BCUT2D eigenvalue weighted by molar-refractivity contribution is 6.04. The van der Waals surface area contributed by atoms with Crippen molar-refractivity contribution < 1.29 is 9.53 Å². The van der Waals surface area contributed by atoms with E-state index in [9.17, 15) is 4.79 Å². The van der Waals surface area contributed by atoms with E-state index >= 15 is 0 Å². The first-order valence-electron chi connectivity index (χ1n) is 6.78. The third-order valence-electron chi connectivity index (χ3n) is 4.09. The Morgan fingerprint density at radius 2 is 2.10 bits per heavy atom. The molecule has 0 aliphatic rings. The summed E-state index contributed by atoms with van der Waals surface area (Å²) in [6.07, 6.45) is 2.37. The highest BCUT2D eigenvalue weighted by Crippen LogP contribution is 2.32. The zero-order chi connectivity index (χ0) is 14.4. The van der Waals surface area contributed by atoms with Gasteiger partial charge in [0.1, 0.15) is 0 Å². The third kappa shape index (κ3) is 1.57. The van der Waals surface area contributed by atoms with Crippen LogP contribution < -0.4 is 0 Å². The van der Waals surface area contributed by atoms with Crippen molar-refractivity contribution in [2.45, 2.75) is 27.2 Å². The van der Waals surface area contributed by atoms with Crippen molar-refractivity contribution in [2.24, 2.45) is 0 Å². The lowest BCUT2D eigenvalue weighted by Gasteiger charge is -2.05. The Bertz CT molecular complexity index is 824. The molecule has 3 aromatic rings. The lowest BCUT2D eigenvalue weighted by Crippen LogP contribution is -2.09. The fourth-order valence-electron chi connectivity index (χ4n) is 3.05. The Balaban J connectivity index is 2.41. The van der Waals surface area contributed by atoms with Gasteiger partial charge in [0, 0.05) is 28.2 Å². The standard InChI is InChI=1S/C16H18N2O2/c1-5-12-10(3)15-9(2)11-6-7-18(16(19)20-4)14(11)8-13(15)17-12/h6-8,17H,5H2,1-4H3. The summed E-state index contributed by atoms with van der Waals surface area (Å²) in [5, 5.41) is 2.35. The van der Waals surface area contributed by atoms with Crippen molar-refractivity contribution in [1.29, 1.82) is 0 Å². The zero-order valence-corrected chi connectivity index (χ0v) is 12.2. The summed E-state index contributed by atoms with van der Waals surface area (Å²) < 4.78 is 6.36. The summed E-state index contributed by atoms with van der Waals surface area (Å²) in [5.74, 6) is 0. The number of rotatable bonds is 1. The topological polar surface area (TPSA) is 47.0 Å². The number of hydrogen-bond acceptors (Lipinski definition) is 2. The molecule has 0 atom stereocenters. The van der Waals surface area contributed by atoms with Gasteiger partial charge in [-0.05, 0) is 43.5 Å². The number of nitrogens with zero attached hydrogens (tertiary/aromatic N) is 1. The lowest BCUT2D eigenvalue weighted by atomic mass is 10.0. The Morgan fingerprint density at radius 1 is 1.35 bits per heavy atom. The van der Waals surface area contributed by atoms with E-state index < -0.39 is 0 Å². The number of H-pyrrole nitrogens is 1. The number of hydrogen-bond donors (Lipinski definition) is 1. The van der Waals surface area contributed by atoms with Crippen LogP contribution in [0.2, 0.25) is 0 Å². The predicted octanol–water partition coefficient (Wildman–Crippen LogP) is 3.92. The SMILES string of the molecule is CCc1[nH]c2cc3c(ccn3C(=O)OC)c(C)c2c1C. The van der Waals surface area contributed by atoms with Crippen molar-refractivity contribution in [3.63, 3.8) is 0 Å². The van der Waals surface area contributed by atoms with Crippen molar-refractivity contribution in [3.05, 3.63) is 35.2 Å². The Morgan fingerprint density at radius 3 is 2.75 bits per heavy atom. The molecule has 4 heteroatoms. The van der Waals surface area contributed by atoms with Gasteiger partial charge in [0.25, 0.3) is 0 Å². The van der Waals surface area contributed by atoms with Gasteiger partial charge in [-0.1, -0.05) is 6.92 Å². The zero-order valence-electron chi connectivity index (χ0n) is 12.2. The van der Waals surface area contributed by atoms with Gasteiger partial charge in [-0.3, -0.25) is 4.57 Å². The van der Waals surface area contributed by atoms with Crippen molar-refractivity contribution in [3.8, 4) is 0 Å². The van der Waals surface area contributed by atoms with E-state index in [1.165, 1.54) is 29.3 Å². The first-order chi connectivity index (χ1) is 9.58. The highest BCUT2D eigenvalue weighted by Gasteiger charge is 2.16. The van der Waals surface area contributed by atoms with E-state index in [0.717, 1.165) is 22.8 Å². The number of aryl methyl sites for hydroxylation is 3. The summed E-state index contributed by atoms with van der Waals surface area (Å²) in [6, 6.07) is 4.00. The van der Waals surface area contributed by atoms with Crippen molar-refractivity contribution >= 4 is 27.9 Å². The molecular weight excluding hydrogens is 252 g/mol. The molecular formula is C16H18N2O2. The molecule has 0 saturated heterocycles. The number of fused-ring (bicyclic) bond motifs is 2. The Hall–Kier alpha value is -2.23. The van der Waals surface area contributed by atoms with Crippen LogP contribution in [0.15, 0.2) is 18.3 Å². The predicted molar refractivity (Wildman–Crippen MR) is 80.4 cm³/mol. The fraction of sp³-hybridized carbons (Fsp3) is 0.312. The largest absolute Gasteiger partial charge is 0.452 e. The summed E-state index contributed by atoms with van der Waals surface area (Å²) in [7, 11) is 1.40. The third-order valence-corrected chi connectivity index (χ3v) is 4.09. The van der Waals surface area contributed by atoms with Gasteiger partial charge < -0.3 is 9.72 Å². The maximum atomic E-state index is 11.8. The van der Waals surface area contributed by atoms with E-state index in [1.54, 1.807) is 10.8 Å². The van der Waals surface area contributed by atoms with Gasteiger partial charge >= 0.3 is 6.09 Å². The lowest BCUT2D eigenvalue weighted by molar-refractivity contribution is 0.174. The molecule has 0 unspecified atom stereocenters. The van der Waals surface area contributed by atoms with Crippen LogP contribution >= 0.6 is 0 Å². The highest BCUT2D eigenvalue weighted by atomic mass is 16.5. The minimum absolute atomic E-state index is 0.363. The molecule has 2 aromatic heterocycles. The Kier molecular flexibility index (Phi) is 2.82. The summed E-state index contributed by atoms with van der Waals surface area (Å²) in [5.41, 5.74) is 5.71. The minimum atomic E-state index is -0.363. The Labute approximate surface area is 117 Å². The number of benzene rings is 1. The van der Waals surface area contributed by atoms with Crippen LogP contribution in [0.1, 0.15) is 23.7 Å². The van der Waals surface area contributed by atoms with Crippen LogP contribution in [0.25, 0.3) is 21.8 Å². The number of ether oxygens (including phenoxy) is 1. The number of carbonyl (C=O) groups excluding carboxylic acids is 1. The molecule has 0 saturated carbocycles. The molecule has 104 valence electrons. The normalized spacial score (nSPS) is 11.4. The van der Waals surface area contributed by atoms with Gasteiger partial charge in [-0.2, -0.15) is 0 Å². The molecule has 0 fully saturated rings. The molecule has 4 nitrogen and oxygen atoms in total. The summed E-state index contributed by atoms with van der Waals surface area (Å²) in [4.78, 5) is 15.2. The first kappa shape index (κ1) is 12.8. The molecule has 3 rings (SSSR count). The van der Waals surface area contributed by atoms with Crippen LogP contribution in [-0.4, -0.2) is 22.8 Å². The molecule has 1 N–H and O–H groups in total. The number of carbonyl (C=O) groups is 1. The van der Waals surface area contributed by atoms with E-state index in [0.29, 0.717) is 0 Å². The van der Waals surface area contributed by atoms with Crippen molar-refractivity contribution in [2.75, 3.05) is 7.11 Å². The summed E-state index contributed by atoms with van der Waals surface area (Å²) in [6.45, 7) is 6.39. The first-order valence-corrected chi connectivity index (χ1v) is 6.78. The molecule has 0 aliphatic carbocycles. The van der Waals surface area contributed by atoms with Gasteiger partial charge in [-0.25, -0.2) is 4.79 Å². The van der Waals surface area contributed by atoms with E-state index in [-0.39, 0.29) is 6.09 Å². The van der Waals surface area contributed by atoms with Gasteiger partial charge in [0.2, 0.25) is 0 Å². The molecule has 20 heavy (non-hydrogen) atoms. The van der Waals surface area contributed by atoms with Crippen LogP contribution in [0.5, 0.6) is 0 Å². The smallest absolute Gasteiger partial charge is 0.418 e. The van der Waals surface area contributed by atoms with Crippen molar-refractivity contribution in [1.82, 2.24) is 9.55 Å². The monoisotopic (exact) mass is 270 g/mol. The average molecular weight is 270 g/mol. The molecule has 2 heterocycles. The molecule has 0 aliphatic heterocycles. The molecule has 0 amide bonds. The molecule has 0 spiro atoms. The van der Waals surface area contributed by atoms with Crippen LogP contribution in [-0.2, 0) is 11.2 Å². The van der Waals surface area contributed by atoms with Gasteiger partial charge in [0.15, 0.2) is 0 Å². The maximum absolute atomic E-state index is 11.8. The number of methoxy groups -OCH3 is 1. The van der Waals surface area contributed by atoms with Crippen LogP contribution in [0, 0.1) is 13.8 Å². The second-order valence-corrected chi connectivity index (χ2v) is 5.09. The van der Waals surface area contributed by atoms with E-state index in [1.807, 2.05) is 12.1 Å². The van der Waals surface area contributed by atoms with E-state index in [2.05, 4.69) is 25.8 Å². The molecule has 1 aromatic carbocycles. The van der Waals surface area contributed by atoms with Crippen LogP contribution in [0.4, 0.5) is 4.79 Å².